The molecule has 256 valence electrons. The third kappa shape index (κ3) is 5.73. The van der Waals surface area contributed by atoms with E-state index in [0.29, 0.717) is 69.1 Å². The molecule has 0 aromatic carbocycles. The Hall–Kier alpha value is -1.44. The topological polar surface area (TPSA) is 96.9 Å². The van der Waals surface area contributed by atoms with E-state index in [9.17, 15) is 14.7 Å². The Morgan fingerprint density at radius 3 is 2.07 bits per heavy atom. The maximum atomic E-state index is 14.2. The zero-order valence-corrected chi connectivity index (χ0v) is 29.6. The van der Waals surface area contributed by atoms with Crippen molar-refractivity contribution in [3.8, 4) is 0 Å². The summed E-state index contributed by atoms with van der Waals surface area (Å²) in [7, 11) is 0. The van der Waals surface area contributed by atoms with Gasteiger partial charge in [0.2, 0.25) is 11.8 Å². The second-order valence-electron chi connectivity index (χ2n) is 17.2. The number of carbonyl (C=O) groups excluding carboxylic acids is 2. The van der Waals surface area contributed by atoms with Gasteiger partial charge >= 0.3 is 0 Å². The predicted molar refractivity (Wildman–Crippen MR) is 178 cm³/mol. The van der Waals surface area contributed by atoms with E-state index in [1.54, 1.807) is 0 Å². The second kappa shape index (κ2) is 12.9. The van der Waals surface area contributed by atoms with Crippen molar-refractivity contribution in [2.24, 2.45) is 56.7 Å². The second-order valence-corrected chi connectivity index (χ2v) is 17.2. The number of aliphatic hydroxyl groups excluding tert-OH is 1. The van der Waals surface area contributed by atoms with Gasteiger partial charge in [0, 0.05) is 20.0 Å². The number of amides is 2. The molecule has 0 saturated heterocycles. The van der Waals surface area contributed by atoms with Crippen LogP contribution in [-0.4, -0.2) is 62.5 Å². The molecular formula is C38H64N2O5. The van der Waals surface area contributed by atoms with E-state index < -0.39 is 0 Å². The molecule has 0 heterocycles. The standard InChI is InChI=1S/C38H64N2O5/c1-25(2)27-11-16-38(33(43)40-20-22-45-24-23-44-21-19-39-26(3)41)18-17-36(7)28(32(27)38)9-10-30-35(6)14-13-31(42)34(4,5)29(35)12-15-37(30,36)8/h27-32,42H,1,9-24H2,2-8H3,(H,39,41)(H,40,43)/t27-,28+,29-,30+,31-,32+,35-,36+,37+,38-/m0/s1. The van der Waals surface area contributed by atoms with Crippen molar-refractivity contribution in [1.82, 2.24) is 10.6 Å². The number of nitrogens with one attached hydrogen (secondary N) is 2. The third-order valence-corrected chi connectivity index (χ3v) is 15.0. The van der Waals surface area contributed by atoms with E-state index in [2.05, 4.69) is 58.8 Å². The fourth-order valence-electron chi connectivity index (χ4n) is 12.6. The molecule has 10 atom stereocenters. The number of carbonyl (C=O) groups is 2. The molecule has 0 aromatic heterocycles. The summed E-state index contributed by atoms with van der Waals surface area (Å²) in [6, 6.07) is 0. The molecule has 5 fully saturated rings. The lowest BCUT2D eigenvalue weighted by molar-refractivity contribution is -0.246. The molecular weight excluding hydrogens is 564 g/mol. The lowest BCUT2D eigenvalue weighted by atomic mass is 9.32. The minimum Gasteiger partial charge on any atom is -0.393 e. The molecule has 0 spiro atoms. The largest absolute Gasteiger partial charge is 0.393 e. The van der Waals surface area contributed by atoms with Crippen LogP contribution in [0.3, 0.4) is 0 Å². The van der Waals surface area contributed by atoms with Gasteiger partial charge in [0.15, 0.2) is 0 Å². The van der Waals surface area contributed by atoms with Crippen LogP contribution in [0.5, 0.6) is 0 Å². The molecule has 0 aromatic rings. The Morgan fingerprint density at radius 2 is 1.42 bits per heavy atom. The van der Waals surface area contributed by atoms with Gasteiger partial charge in [-0.3, -0.25) is 9.59 Å². The van der Waals surface area contributed by atoms with Crippen molar-refractivity contribution in [1.29, 1.82) is 0 Å². The van der Waals surface area contributed by atoms with Gasteiger partial charge in [-0.1, -0.05) is 46.8 Å². The zero-order valence-electron chi connectivity index (χ0n) is 29.6. The van der Waals surface area contributed by atoms with Crippen LogP contribution in [0, 0.1) is 56.7 Å². The van der Waals surface area contributed by atoms with Gasteiger partial charge in [0.05, 0.1) is 37.9 Å². The van der Waals surface area contributed by atoms with Crippen molar-refractivity contribution in [3.63, 3.8) is 0 Å². The molecule has 7 heteroatoms. The first-order chi connectivity index (χ1) is 21.1. The highest BCUT2D eigenvalue weighted by atomic mass is 16.5. The predicted octanol–water partition coefficient (Wildman–Crippen LogP) is 6.29. The molecule has 5 aliphatic rings. The number of hydrogen-bond donors (Lipinski definition) is 3. The molecule has 0 unspecified atom stereocenters. The van der Waals surface area contributed by atoms with Crippen LogP contribution in [0.2, 0.25) is 0 Å². The summed E-state index contributed by atoms with van der Waals surface area (Å²) in [5, 5.41) is 17.1. The number of ether oxygens (including phenoxy) is 2. The quantitative estimate of drug-likeness (QED) is 0.185. The maximum Gasteiger partial charge on any atom is 0.226 e. The Labute approximate surface area is 273 Å². The van der Waals surface area contributed by atoms with Gasteiger partial charge in [0.1, 0.15) is 0 Å². The molecule has 2 amide bonds. The molecule has 5 saturated carbocycles. The van der Waals surface area contributed by atoms with Gasteiger partial charge in [-0.25, -0.2) is 0 Å². The first-order valence-electron chi connectivity index (χ1n) is 18.2. The summed E-state index contributed by atoms with van der Waals surface area (Å²) >= 11 is 0. The summed E-state index contributed by atoms with van der Waals surface area (Å²) in [5.41, 5.74) is 1.60. The minimum atomic E-state index is -0.318. The fraction of sp³-hybridized carbons (Fsp3) is 0.895. The molecule has 45 heavy (non-hydrogen) atoms. The lowest BCUT2D eigenvalue weighted by Gasteiger charge is -2.72. The smallest absolute Gasteiger partial charge is 0.226 e. The fourth-order valence-corrected chi connectivity index (χ4v) is 12.6. The van der Waals surface area contributed by atoms with Crippen LogP contribution < -0.4 is 10.6 Å². The van der Waals surface area contributed by atoms with Gasteiger partial charge < -0.3 is 25.2 Å². The van der Waals surface area contributed by atoms with Crippen molar-refractivity contribution in [2.45, 2.75) is 119 Å². The molecule has 3 N–H and O–H groups in total. The molecule has 7 nitrogen and oxygen atoms in total. The van der Waals surface area contributed by atoms with Gasteiger partial charge in [-0.05, 0) is 122 Å². The van der Waals surface area contributed by atoms with Crippen molar-refractivity contribution >= 4 is 11.8 Å². The van der Waals surface area contributed by atoms with Crippen molar-refractivity contribution in [3.05, 3.63) is 12.2 Å². The van der Waals surface area contributed by atoms with Gasteiger partial charge in [-0.15, -0.1) is 0 Å². The van der Waals surface area contributed by atoms with E-state index in [1.807, 2.05) is 0 Å². The van der Waals surface area contributed by atoms with Crippen LogP contribution in [0.1, 0.15) is 113 Å². The number of fused-ring (bicyclic) bond motifs is 7. The van der Waals surface area contributed by atoms with Crippen LogP contribution in [0.25, 0.3) is 0 Å². The Balaban J connectivity index is 1.27. The summed E-state index contributed by atoms with van der Waals surface area (Å²) in [4.78, 5) is 25.2. The highest BCUT2D eigenvalue weighted by molar-refractivity contribution is 5.84. The lowest BCUT2D eigenvalue weighted by Crippen LogP contribution is -2.67. The first kappa shape index (κ1) is 34.9. The Bertz CT molecular complexity index is 1120. The van der Waals surface area contributed by atoms with Crippen LogP contribution in [-0.2, 0) is 19.1 Å². The van der Waals surface area contributed by atoms with E-state index in [4.69, 9.17) is 9.47 Å². The summed E-state index contributed by atoms with van der Waals surface area (Å²) < 4.78 is 11.3. The van der Waals surface area contributed by atoms with Crippen LogP contribution in [0.15, 0.2) is 12.2 Å². The Morgan fingerprint density at radius 1 is 0.756 bits per heavy atom. The van der Waals surface area contributed by atoms with Crippen LogP contribution >= 0.6 is 0 Å². The Kier molecular flexibility index (Phi) is 9.98. The van der Waals surface area contributed by atoms with Crippen molar-refractivity contribution < 1.29 is 24.2 Å². The van der Waals surface area contributed by atoms with E-state index in [0.717, 1.165) is 38.5 Å². The molecule has 0 aliphatic heterocycles. The van der Waals surface area contributed by atoms with Gasteiger partial charge in [-0.2, -0.15) is 0 Å². The third-order valence-electron chi connectivity index (χ3n) is 15.0. The highest BCUT2D eigenvalue weighted by Gasteiger charge is 2.71. The zero-order chi connectivity index (χ0) is 32.8. The normalized spacial score (nSPS) is 43.3. The number of allylic oxidation sites excluding steroid dienone is 1. The van der Waals surface area contributed by atoms with E-state index in [1.165, 1.54) is 38.2 Å². The van der Waals surface area contributed by atoms with Gasteiger partial charge in [0.25, 0.3) is 0 Å². The SMILES string of the molecule is C=C(C)[C@@H]1CC[C@]2(C(=O)NCCOCCOCCNC(C)=O)CC[C@]3(C)[C@H](CC[C@@H]4[C@@]5(C)CC[C@H](O)C(C)(C)[C@@H]5CC[C@]43C)[C@@H]12. The number of rotatable bonds is 11. The molecule has 5 rings (SSSR count). The summed E-state index contributed by atoms with van der Waals surface area (Å²) in [6.45, 7) is 23.6. The van der Waals surface area contributed by atoms with Crippen LogP contribution in [0.4, 0.5) is 0 Å². The monoisotopic (exact) mass is 628 g/mol. The average molecular weight is 629 g/mol. The van der Waals surface area contributed by atoms with E-state index >= 15 is 0 Å². The number of hydrogen-bond acceptors (Lipinski definition) is 5. The first-order valence-corrected chi connectivity index (χ1v) is 18.2. The van der Waals surface area contributed by atoms with Crippen molar-refractivity contribution in [2.75, 3.05) is 39.5 Å². The number of aliphatic hydroxyl groups is 1. The molecule has 0 bridgehead atoms. The summed E-state index contributed by atoms with van der Waals surface area (Å²) in [6.07, 6.45) is 10.9. The molecule has 0 radical (unpaired) electrons. The molecule has 5 aliphatic carbocycles. The van der Waals surface area contributed by atoms with E-state index in [-0.39, 0.29) is 45.0 Å². The minimum absolute atomic E-state index is 0.0348. The maximum absolute atomic E-state index is 14.2. The summed E-state index contributed by atoms with van der Waals surface area (Å²) in [5.74, 6) is 2.68. The average Bonchev–Trinajstić information content (AvgIpc) is 3.38. The highest BCUT2D eigenvalue weighted by Crippen LogP contribution is 2.77.